The van der Waals surface area contributed by atoms with E-state index in [1.54, 1.807) is 0 Å². The number of piperidine rings is 1. The number of carbonyl (C=O) groups excluding carboxylic acids is 3. The topological polar surface area (TPSA) is 72.9 Å². The Labute approximate surface area is 148 Å². The first kappa shape index (κ1) is 19.0. The van der Waals surface area contributed by atoms with Gasteiger partial charge in [-0.3, -0.25) is 9.59 Å². The summed E-state index contributed by atoms with van der Waals surface area (Å²) in [5.74, 6) is -1.37. The van der Waals surface area contributed by atoms with Crippen LogP contribution in [0.4, 0.5) is 0 Å². The molecule has 0 spiro atoms. The minimum atomic E-state index is -0.750. The molecule has 2 atom stereocenters. The third kappa shape index (κ3) is 4.38. The molecule has 1 aromatic carbocycles. The van der Waals surface area contributed by atoms with Crippen molar-refractivity contribution in [1.82, 2.24) is 4.90 Å². The van der Waals surface area contributed by atoms with Crippen LogP contribution in [0.3, 0.4) is 0 Å². The molecule has 0 saturated carbocycles. The number of ether oxygens (including phenoxy) is 2. The molecule has 136 valence electrons. The molecule has 1 fully saturated rings. The Balaban J connectivity index is 2.17. The summed E-state index contributed by atoms with van der Waals surface area (Å²) in [6.07, 6.45) is 0.945. The van der Waals surface area contributed by atoms with Crippen molar-refractivity contribution in [2.24, 2.45) is 5.92 Å². The summed E-state index contributed by atoms with van der Waals surface area (Å²) in [5.41, 5.74) is 3.07. The number of methoxy groups -OCH3 is 2. The molecule has 1 heterocycles. The molecule has 0 N–H and O–H groups in total. The van der Waals surface area contributed by atoms with Gasteiger partial charge in [0.1, 0.15) is 6.04 Å². The van der Waals surface area contributed by atoms with Gasteiger partial charge in [-0.2, -0.15) is 0 Å². The van der Waals surface area contributed by atoms with Gasteiger partial charge in [-0.1, -0.05) is 23.8 Å². The maximum absolute atomic E-state index is 12.8. The zero-order valence-corrected chi connectivity index (χ0v) is 15.2. The van der Waals surface area contributed by atoms with E-state index in [-0.39, 0.29) is 30.6 Å². The second-order valence-corrected chi connectivity index (χ2v) is 6.48. The van der Waals surface area contributed by atoms with E-state index in [4.69, 9.17) is 9.47 Å². The van der Waals surface area contributed by atoms with E-state index in [2.05, 4.69) is 0 Å². The lowest BCUT2D eigenvalue weighted by molar-refractivity contribution is -0.159. The van der Waals surface area contributed by atoms with E-state index >= 15 is 0 Å². The molecule has 0 aliphatic carbocycles. The molecule has 1 aromatic rings. The van der Waals surface area contributed by atoms with Crippen LogP contribution in [0, 0.1) is 19.8 Å². The van der Waals surface area contributed by atoms with Crippen LogP contribution >= 0.6 is 0 Å². The number of rotatable bonds is 4. The first-order chi connectivity index (χ1) is 11.9. The van der Waals surface area contributed by atoms with Crippen molar-refractivity contribution in [2.45, 2.75) is 39.2 Å². The van der Waals surface area contributed by atoms with Gasteiger partial charge in [0.15, 0.2) is 0 Å². The zero-order chi connectivity index (χ0) is 18.6. The van der Waals surface area contributed by atoms with Gasteiger partial charge in [0.05, 0.1) is 26.6 Å². The number of hydrogen-bond donors (Lipinski definition) is 0. The maximum atomic E-state index is 12.8. The monoisotopic (exact) mass is 347 g/mol. The van der Waals surface area contributed by atoms with Crippen molar-refractivity contribution < 1.29 is 23.9 Å². The van der Waals surface area contributed by atoms with Crippen LogP contribution in [0.25, 0.3) is 0 Å². The molecular weight excluding hydrogens is 322 g/mol. The molecule has 1 saturated heterocycles. The van der Waals surface area contributed by atoms with Crippen molar-refractivity contribution in [2.75, 3.05) is 20.8 Å². The smallest absolute Gasteiger partial charge is 0.328 e. The number of aryl methyl sites for hydroxylation is 2. The van der Waals surface area contributed by atoms with E-state index in [1.807, 2.05) is 32.0 Å². The Bertz CT molecular complexity index is 670. The minimum Gasteiger partial charge on any atom is -0.469 e. The first-order valence-electron chi connectivity index (χ1n) is 8.38. The Morgan fingerprint density at radius 2 is 1.80 bits per heavy atom. The number of benzene rings is 1. The average Bonchev–Trinajstić information content (AvgIpc) is 2.62. The van der Waals surface area contributed by atoms with Gasteiger partial charge in [0.25, 0.3) is 0 Å². The number of hydrogen-bond acceptors (Lipinski definition) is 5. The minimum absolute atomic E-state index is 0.132. The number of nitrogens with zero attached hydrogens (tertiary/aromatic N) is 1. The van der Waals surface area contributed by atoms with Crippen molar-refractivity contribution in [1.29, 1.82) is 0 Å². The third-order valence-electron chi connectivity index (χ3n) is 4.78. The van der Waals surface area contributed by atoms with Crippen molar-refractivity contribution in [3.05, 3.63) is 34.9 Å². The molecule has 0 bridgehead atoms. The summed E-state index contributed by atoms with van der Waals surface area (Å²) in [6, 6.07) is 5.23. The van der Waals surface area contributed by atoms with Crippen LogP contribution in [-0.4, -0.2) is 49.6 Å². The Morgan fingerprint density at radius 3 is 2.44 bits per heavy atom. The molecule has 0 radical (unpaired) electrons. The van der Waals surface area contributed by atoms with Crippen LogP contribution < -0.4 is 0 Å². The average molecular weight is 347 g/mol. The highest BCUT2D eigenvalue weighted by molar-refractivity contribution is 5.87. The van der Waals surface area contributed by atoms with Gasteiger partial charge in [0.2, 0.25) is 5.91 Å². The number of esters is 2. The molecule has 1 aliphatic heterocycles. The predicted octanol–water partition coefficient (Wildman–Crippen LogP) is 1.80. The number of likely N-dealkylation sites (tertiary alicyclic amines) is 1. The highest BCUT2D eigenvalue weighted by Crippen LogP contribution is 2.26. The highest BCUT2D eigenvalue weighted by Gasteiger charge is 2.39. The fraction of sp³-hybridized carbons (Fsp3) is 0.526. The number of carbonyl (C=O) groups is 3. The Hall–Kier alpha value is -2.37. The third-order valence-corrected chi connectivity index (χ3v) is 4.78. The lowest BCUT2D eigenvalue weighted by atomic mass is 9.90. The van der Waals surface area contributed by atoms with E-state index in [1.165, 1.54) is 19.1 Å². The molecule has 6 nitrogen and oxygen atoms in total. The summed E-state index contributed by atoms with van der Waals surface area (Å²) in [4.78, 5) is 38.3. The molecule has 0 unspecified atom stereocenters. The lowest BCUT2D eigenvalue weighted by Gasteiger charge is -2.37. The van der Waals surface area contributed by atoms with Gasteiger partial charge in [-0.15, -0.1) is 0 Å². The van der Waals surface area contributed by atoms with Gasteiger partial charge >= 0.3 is 11.9 Å². The van der Waals surface area contributed by atoms with E-state index in [9.17, 15) is 14.4 Å². The molecule has 25 heavy (non-hydrogen) atoms. The van der Waals surface area contributed by atoms with E-state index in [0.717, 1.165) is 16.7 Å². The van der Waals surface area contributed by atoms with Crippen LogP contribution in [-0.2, 0) is 30.3 Å². The van der Waals surface area contributed by atoms with Crippen molar-refractivity contribution >= 4 is 17.8 Å². The van der Waals surface area contributed by atoms with E-state index < -0.39 is 12.0 Å². The van der Waals surface area contributed by atoms with Crippen molar-refractivity contribution in [3.8, 4) is 0 Å². The molecular formula is C19H25NO5. The second-order valence-electron chi connectivity index (χ2n) is 6.48. The summed E-state index contributed by atoms with van der Waals surface area (Å²) >= 11 is 0. The molecule has 0 aromatic heterocycles. The molecule has 6 heteroatoms. The summed E-state index contributed by atoms with van der Waals surface area (Å²) in [5, 5.41) is 0. The van der Waals surface area contributed by atoms with Gasteiger partial charge in [-0.05, 0) is 37.8 Å². The van der Waals surface area contributed by atoms with E-state index in [0.29, 0.717) is 13.0 Å². The van der Waals surface area contributed by atoms with Crippen LogP contribution in [0.1, 0.15) is 29.5 Å². The van der Waals surface area contributed by atoms with Gasteiger partial charge in [-0.25, -0.2) is 4.79 Å². The number of amides is 1. The molecule has 2 rings (SSSR count). The summed E-state index contributed by atoms with van der Waals surface area (Å²) in [7, 11) is 2.62. The van der Waals surface area contributed by atoms with Gasteiger partial charge < -0.3 is 14.4 Å². The zero-order valence-electron chi connectivity index (χ0n) is 15.2. The standard InChI is InChI=1S/C19H25NO5/c1-12-5-6-13(2)15(9-12)11-17(21)20-8-7-14(18(22)24-3)10-16(20)19(23)25-4/h5-6,9,14,16H,7-8,10-11H2,1-4H3/t14-,16+/m0/s1. The highest BCUT2D eigenvalue weighted by atomic mass is 16.5. The molecule has 1 amide bonds. The summed E-state index contributed by atoms with van der Waals surface area (Å²) in [6.45, 7) is 4.28. The Morgan fingerprint density at radius 1 is 1.12 bits per heavy atom. The normalized spacial score (nSPS) is 20.1. The fourth-order valence-corrected chi connectivity index (χ4v) is 3.26. The predicted molar refractivity (Wildman–Crippen MR) is 91.9 cm³/mol. The largest absolute Gasteiger partial charge is 0.469 e. The molecule has 1 aliphatic rings. The fourth-order valence-electron chi connectivity index (χ4n) is 3.26. The summed E-state index contributed by atoms with van der Waals surface area (Å²) < 4.78 is 9.62. The van der Waals surface area contributed by atoms with Crippen LogP contribution in [0.15, 0.2) is 18.2 Å². The first-order valence-corrected chi connectivity index (χ1v) is 8.38. The SMILES string of the molecule is COC(=O)[C@H]1CCN(C(=O)Cc2cc(C)ccc2C)[C@@H](C(=O)OC)C1. The van der Waals surface area contributed by atoms with Gasteiger partial charge in [0, 0.05) is 6.54 Å². The maximum Gasteiger partial charge on any atom is 0.328 e. The van der Waals surface area contributed by atoms with Crippen LogP contribution in [0.5, 0.6) is 0 Å². The quantitative estimate of drug-likeness (QED) is 0.777. The second kappa shape index (κ2) is 8.14. The lowest BCUT2D eigenvalue weighted by Crippen LogP contribution is -2.52. The van der Waals surface area contributed by atoms with Crippen molar-refractivity contribution in [3.63, 3.8) is 0 Å². The van der Waals surface area contributed by atoms with Crippen LogP contribution in [0.2, 0.25) is 0 Å². The Kier molecular flexibility index (Phi) is 6.17.